The summed E-state index contributed by atoms with van der Waals surface area (Å²) in [5.41, 5.74) is 4.12. The van der Waals surface area contributed by atoms with E-state index in [0.717, 1.165) is 34.1 Å². The highest BCUT2D eigenvalue weighted by Gasteiger charge is 2.38. The van der Waals surface area contributed by atoms with Crippen molar-refractivity contribution in [3.05, 3.63) is 52.8 Å². The number of fused-ring (bicyclic) bond motifs is 1. The number of hydrogen-bond acceptors (Lipinski definition) is 7. The van der Waals surface area contributed by atoms with Crippen LogP contribution in [0.5, 0.6) is 5.75 Å². The Hall–Kier alpha value is -2.62. The van der Waals surface area contributed by atoms with Crippen LogP contribution in [0.25, 0.3) is 11.3 Å². The van der Waals surface area contributed by atoms with Gasteiger partial charge in [0.05, 0.1) is 12.8 Å². The fraction of sp³-hybridized carbons (Fsp3) is 0.409. The average molecular weight is 443 g/mol. The van der Waals surface area contributed by atoms with Crippen LogP contribution in [-0.4, -0.2) is 44.2 Å². The minimum absolute atomic E-state index is 0.161. The number of sulfonamides is 1. The van der Waals surface area contributed by atoms with Crippen molar-refractivity contribution in [1.82, 2.24) is 19.4 Å². The van der Waals surface area contributed by atoms with E-state index >= 15 is 0 Å². The molecule has 0 fully saturated rings. The molecule has 1 aromatic carbocycles. The number of ether oxygens (including phenoxy) is 1. The molecule has 9 heteroatoms. The Morgan fingerprint density at radius 1 is 1.16 bits per heavy atom. The minimum atomic E-state index is -3.71. The highest BCUT2D eigenvalue weighted by molar-refractivity contribution is 7.95. The topological polar surface area (TPSA) is 104 Å². The normalized spacial score (nSPS) is 16.4. The summed E-state index contributed by atoms with van der Waals surface area (Å²) in [6.07, 6.45) is 1.76. The number of hydrogen-bond donors (Lipinski definition) is 0. The van der Waals surface area contributed by atoms with Gasteiger partial charge in [-0.2, -0.15) is 0 Å². The second kappa shape index (κ2) is 8.49. The Morgan fingerprint density at radius 3 is 2.48 bits per heavy atom. The van der Waals surface area contributed by atoms with Crippen LogP contribution in [0.2, 0.25) is 0 Å². The molecule has 1 atom stereocenters. The molecule has 0 saturated carbocycles. The van der Waals surface area contributed by atoms with Crippen LogP contribution in [0.3, 0.4) is 0 Å². The van der Waals surface area contributed by atoms with Crippen LogP contribution in [0, 0.1) is 13.8 Å². The summed E-state index contributed by atoms with van der Waals surface area (Å²) in [6.45, 7) is 5.99. The maximum absolute atomic E-state index is 13.3. The smallest absolute Gasteiger partial charge is 0.240 e. The molecule has 1 unspecified atom stereocenters. The molecule has 0 radical (unpaired) electrons. The number of benzene rings is 1. The fourth-order valence-corrected chi connectivity index (χ4v) is 5.72. The lowest BCUT2D eigenvalue weighted by molar-refractivity contribution is 0.358. The third kappa shape index (κ3) is 4.00. The Bertz CT molecular complexity index is 1120. The van der Waals surface area contributed by atoms with E-state index in [1.54, 1.807) is 21.0 Å². The third-order valence-electron chi connectivity index (χ3n) is 5.59. The fourth-order valence-electron chi connectivity index (χ4n) is 3.99. The lowest BCUT2D eigenvalue weighted by atomic mass is 10.0. The summed E-state index contributed by atoms with van der Waals surface area (Å²) in [5, 5.41) is 3.82. The first-order valence-electron chi connectivity index (χ1n) is 10.3. The van der Waals surface area contributed by atoms with Gasteiger partial charge in [0, 0.05) is 49.7 Å². The quantitative estimate of drug-likeness (QED) is 0.558. The summed E-state index contributed by atoms with van der Waals surface area (Å²) in [4.78, 5) is 9.69. The number of nitrogens with zero attached hydrogens (tertiary/aromatic N) is 4. The van der Waals surface area contributed by atoms with E-state index in [-0.39, 0.29) is 4.90 Å². The minimum Gasteiger partial charge on any atom is -0.593 e. The first-order chi connectivity index (χ1) is 14.8. The lowest BCUT2D eigenvalue weighted by Gasteiger charge is -2.25. The van der Waals surface area contributed by atoms with Gasteiger partial charge in [0.1, 0.15) is 17.3 Å². The molecule has 0 amide bonds. The van der Waals surface area contributed by atoms with Crippen LogP contribution in [0.15, 0.2) is 33.7 Å². The molecule has 2 aromatic heterocycles. The van der Waals surface area contributed by atoms with Crippen molar-refractivity contribution in [2.75, 3.05) is 20.2 Å². The molecule has 31 heavy (non-hydrogen) atoms. The second-order valence-corrected chi connectivity index (χ2v) is 9.43. The van der Waals surface area contributed by atoms with E-state index in [2.05, 4.69) is 5.16 Å². The molecule has 1 aliphatic rings. The molecule has 0 N–H and O–H groups in total. The van der Waals surface area contributed by atoms with E-state index < -0.39 is 10.4 Å². The predicted octanol–water partition coefficient (Wildman–Crippen LogP) is 3.32. The summed E-state index contributed by atoms with van der Waals surface area (Å²) in [6, 6.07) is 7.76. The molecule has 8 nitrogen and oxygen atoms in total. The van der Waals surface area contributed by atoms with E-state index in [1.165, 1.54) is 4.31 Å². The van der Waals surface area contributed by atoms with Gasteiger partial charge < -0.3 is 13.8 Å². The van der Waals surface area contributed by atoms with Crippen molar-refractivity contribution in [3.63, 3.8) is 0 Å². The number of aryl methyl sites for hydroxylation is 3. The summed E-state index contributed by atoms with van der Waals surface area (Å²) in [7, 11) is -2.08. The largest absolute Gasteiger partial charge is 0.593 e. The van der Waals surface area contributed by atoms with E-state index in [4.69, 9.17) is 19.2 Å². The number of aromatic nitrogens is 3. The molecule has 1 aliphatic heterocycles. The maximum atomic E-state index is 13.3. The van der Waals surface area contributed by atoms with Gasteiger partial charge in [-0.1, -0.05) is 16.3 Å². The van der Waals surface area contributed by atoms with Crippen molar-refractivity contribution >= 4 is 10.4 Å². The molecular formula is C22H26N4O4S. The summed E-state index contributed by atoms with van der Waals surface area (Å²) >= 11 is 0. The van der Waals surface area contributed by atoms with Gasteiger partial charge in [-0.05, 0) is 37.6 Å². The third-order valence-corrected chi connectivity index (χ3v) is 7.74. The zero-order valence-electron chi connectivity index (χ0n) is 18.2. The van der Waals surface area contributed by atoms with E-state index in [1.807, 2.05) is 31.2 Å². The van der Waals surface area contributed by atoms with E-state index in [0.29, 0.717) is 43.8 Å². The van der Waals surface area contributed by atoms with Gasteiger partial charge in [-0.25, -0.2) is 9.97 Å². The first-order valence-corrected chi connectivity index (χ1v) is 11.7. The summed E-state index contributed by atoms with van der Waals surface area (Å²) in [5.74, 6) is 1.84. The van der Waals surface area contributed by atoms with Gasteiger partial charge in [0.25, 0.3) is 0 Å². The van der Waals surface area contributed by atoms with Crippen LogP contribution < -0.4 is 4.74 Å². The van der Waals surface area contributed by atoms with E-state index in [9.17, 15) is 8.76 Å². The Balaban J connectivity index is 1.71. The Kier molecular flexibility index (Phi) is 5.92. The van der Waals surface area contributed by atoms with Crippen molar-refractivity contribution in [1.29, 1.82) is 0 Å². The molecule has 0 spiro atoms. The van der Waals surface area contributed by atoms with Crippen LogP contribution in [0.4, 0.5) is 0 Å². The highest BCUT2D eigenvalue weighted by atomic mass is 32.3. The molecular weight excluding hydrogens is 416 g/mol. The maximum Gasteiger partial charge on any atom is 0.240 e. The number of methoxy groups -OCH3 is 1. The SMILES string of the molecule is CCc1nc2c(c(-c3ccc(OC)cc3)n1)CCN([S+](=O)([O-])c1c(C)noc1C)CC2. The van der Waals surface area contributed by atoms with Gasteiger partial charge in [-0.15, -0.1) is 4.31 Å². The molecule has 4 rings (SSSR count). The monoisotopic (exact) mass is 442 g/mol. The molecule has 3 heterocycles. The second-order valence-electron chi connectivity index (χ2n) is 7.55. The highest BCUT2D eigenvalue weighted by Crippen LogP contribution is 2.32. The zero-order valence-corrected chi connectivity index (χ0v) is 19.0. The van der Waals surface area contributed by atoms with Crippen molar-refractivity contribution in [2.45, 2.75) is 44.9 Å². The van der Waals surface area contributed by atoms with Gasteiger partial charge in [0.15, 0.2) is 16.2 Å². The lowest BCUT2D eigenvalue weighted by Crippen LogP contribution is -2.38. The predicted molar refractivity (Wildman–Crippen MR) is 115 cm³/mol. The van der Waals surface area contributed by atoms with Crippen molar-refractivity contribution in [3.8, 4) is 17.0 Å². The van der Waals surface area contributed by atoms with Crippen molar-refractivity contribution < 1.29 is 18.0 Å². The first kappa shape index (κ1) is 21.6. The zero-order chi connectivity index (χ0) is 22.2. The molecule has 0 aliphatic carbocycles. The standard InChI is InChI=1S/C22H26N4O4S/c1-5-20-23-19-11-13-26(31(27,28)22-14(2)25-30-15(22)3)12-10-18(19)21(24-20)16-6-8-17(29-4)9-7-16/h6-9H,5,10-13H2,1-4H3. The molecule has 0 saturated heterocycles. The van der Waals surface area contributed by atoms with Crippen LogP contribution in [-0.2, 0) is 33.9 Å². The van der Waals surface area contributed by atoms with Gasteiger partial charge >= 0.3 is 0 Å². The number of rotatable bonds is 5. The van der Waals surface area contributed by atoms with Gasteiger partial charge in [-0.3, -0.25) is 0 Å². The van der Waals surface area contributed by atoms with Crippen LogP contribution in [0.1, 0.15) is 35.5 Å². The summed E-state index contributed by atoms with van der Waals surface area (Å²) < 4.78 is 38.5. The molecule has 0 bridgehead atoms. The molecule has 164 valence electrons. The molecule has 3 aromatic rings. The average Bonchev–Trinajstić information content (AvgIpc) is 2.98. The van der Waals surface area contributed by atoms with Gasteiger partial charge in [0.2, 0.25) is 4.90 Å². The van der Waals surface area contributed by atoms with Crippen molar-refractivity contribution in [2.24, 2.45) is 0 Å². The Morgan fingerprint density at radius 2 is 1.87 bits per heavy atom. The van der Waals surface area contributed by atoms with Crippen LogP contribution >= 0.6 is 0 Å². The Labute approximate surface area is 183 Å².